The van der Waals surface area contributed by atoms with Crippen molar-refractivity contribution >= 4 is 0 Å². The number of phenolic OH excluding ortho intramolecular Hbond substituents is 2. The van der Waals surface area contributed by atoms with E-state index in [2.05, 4.69) is 29.1 Å². The third-order valence-corrected chi connectivity index (χ3v) is 4.05. The first-order valence-electron chi connectivity index (χ1n) is 7.22. The van der Waals surface area contributed by atoms with Crippen LogP contribution in [0.1, 0.15) is 18.5 Å². The van der Waals surface area contributed by atoms with Crippen LogP contribution < -0.4 is 5.32 Å². The van der Waals surface area contributed by atoms with Crippen molar-refractivity contribution in [3.63, 3.8) is 0 Å². The van der Waals surface area contributed by atoms with Gasteiger partial charge in [0, 0.05) is 51.4 Å². The molecular weight excluding hydrogens is 254 g/mol. The van der Waals surface area contributed by atoms with Gasteiger partial charge in [-0.3, -0.25) is 9.80 Å². The fourth-order valence-corrected chi connectivity index (χ4v) is 2.54. The molecule has 0 aromatic heterocycles. The van der Waals surface area contributed by atoms with E-state index < -0.39 is 0 Å². The minimum absolute atomic E-state index is 0.113. The number of hydrogen-bond acceptors (Lipinski definition) is 5. The minimum Gasteiger partial charge on any atom is -0.508 e. The lowest BCUT2D eigenvalue weighted by molar-refractivity contribution is 0.183. The van der Waals surface area contributed by atoms with Crippen LogP contribution in [0.5, 0.6) is 11.5 Å². The molecule has 1 saturated heterocycles. The topological polar surface area (TPSA) is 59.0 Å². The molecule has 1 aliphatic heterocycles. The van der Waals surface area contributed by atoms with Gasteiger partial charge in [-0.25, -0.2) is 0 Å². The fourth-order valence-electron chi connectivity index (χ4n) is 2.54. The Morgan fingerprint density at radius 3 is 2.40 bits per heavy atom. The van der Waals surface area contributed by atoms with Crippen LogP contribution in [-0.4, -0.2) is 66.3 Å². The monoisotopic (exact) mass is 279 g/mol. The maximum absolute atomic E-state index is 9.56. The van der Waals surface area contributed by atoms with Crippen LogP contribution in [0.4, 0.5) is 0 Å². The van der Waals surface area contributed by atoms with Crippen LogP contribution in [0.25, 0.3) is 0 Å². The third kappa shape index (κ3) is 4.10. The summed E-state index contributed by atoms with van der Waals surface area (Å²) in [4.78, 5) is 4.70. The summed E-state index contributed by atoms with van der Waals surface area (Å²) in [6.07, 6.45) is 0. The predicted molar refractivity (Wildman–Crippen MR) is 80.1 cm³/mol. The van der Waals surface area contributed by atoms with E-state index in [-0.39, 0.29) is 17.5 Å². The molecule has 1 atom stereocenters. The Balaban J connectivity index is 1.88. The number of benzene rings is 1. The van der Waals surface area contributed by atoms with E-state index in [4.69, 9.17) is 0 Å². The molecule has 0 amide bonds. The minimum atomic E-state index is 0.113. The van der Waals surface area contributed by atoms with Gasteiger partial charge in [-0.05, 0) is 31.7 Å². The van der Waals surface area contributed by atoms with E-state index in [1.807, 2.05) is 0 Å². The number of piperazine rings is 1. The van der Waals surface area contributed by atoms with E-state index in [0.717, 1.165) is 44.8 Å². The second-order valence-electron chi connectivity index (χ2n) is 5.53. The molecule has 112 valence electrons. The molecule has 0 spiro atoms. The Labute approximate surface area is 120 Å². The molecule has 1 aromatic carbocycles. The SMILES string of the molecule is CC(c1cc(O)cc(O)c1)N(C)CCN1CCNCC1. The number of aromatic hydroxyl groups is 2. The van der Waals surface area contributed by atoms with Gasteiger partial charge in [0.05, 0.1) is 0 Å². The Bertz CT molecular complexity index is 413. The normalized spacial score (nSPS) is 18.4. The lowest BCUT2D eigenvalue weighted by Gasteiger charge is -2.31. The Morgan fingerprint density at radius 2 is 1.80 bits per heavy atom. The van der Waals surface area contributed by atoms with Crippen LogP contribution in [-0.2, 0) is 0 Å². The van der Waals surface area contributed by atoms with Crippen molar-refractivity contribution in [2.45, 2.75) is 13.0 Å². The molecule has 1 aliphatic rings. The molecule has 1 heterocycles. The number of phenols is 2. The van der Waals surface area contributed by atoms with Crippen LogP contribution >= 0.6 is 0 Å². The Hall–Kier alpha value is -1.30. The fraction of sp³-hybridized carbons (Fsp3) is 0.600. The zero-order valence-corrected chi connectivity index (χ0v) is 12.3. The molecule has 0 aliphatic carbocycles. The largest absolute Gasteiger partial charge is 0.508 e. The highest BCUT2D eigenvalue weighted by Gasteiger charge is 2.15. The van der Waals surface area contributed by atoms with Crippen molar-refractivity contribution in [1.82, 2.24) is 15.1 Å². The number of hydrogen-bond donors (Lipinski definition) is 3. The van der Waals surface area contributed by atoms with Gasteiger partial charge in [0.25, 0.3) is 0 Å². The molecule has 1 aromatic rings. The van der Waals surface area contributed by atoms with Crippen LogP contribution in [0.15, 0.2) is 18.2 Å². The van der Waals surface area contributed by atoms with Crippen molar-refractivity contribution in [2.24, 2.45) is 0 Å². The molecule has 20 heavy (non-hydrogen) atoms. The van der Waals surface area contributed by atoms with Crippen molar-refractivity contribution in [1.29, 1.82) is 0 Å². The average Bonchev–Trinajstić information content (AvgIpc) is 2.44. The summed E-state index contributed by atoms with van der Waals surface area (Å²) >= 11 is 0. The third-order valence-electron chi connectivity index (χ3n) is 4.05. The Morgan fingerprint density at radius 1 is 1.20 bits per heavy atom. The summed E-state index contributed by atoms with van der Waals surface area (Å²) in [5.74, 6) is 0.227. The molecule has 1 fully saturated rings. The Kier molecular flexibility index (Phi) is 5.23. The number of nitrogens with zero attached hydrogens (tertiary/aromatic N) is 2. The average molecular weight is 279 g/mol. The van der Waals surface area contributed by atoms with Crippen LogP contribution in [0.3, 0.4) is 0 Å². The second kappa shape index (κ2) is 6.92. The quantitative estimate of drug-likeness (QED) is 0.750. The summed E-state index contributed by atoms with van der Waals surface area (Å²) in [5, 5.41) is 22.5. The molecule has 0 bridgehead atoms. The summed E-state index contributed by atoms with van der Waals surface area (Å²) in [6.45, 7) is 8.46. The maximum atomic E-state index is 9.56. The summed E-state index contributed by atoms with van der Waals surface area (Å²) in [7, 11) is 2.08. The molecular formula is C15H25N3O2. The summed E-state index contributed by atoms with van der Waals surface area (Å²) < 4.78 is 0. The maximum Gasteiger partial charge on any atom is 0.119 e. The van der Waals surface area contributed by atoms with Gasteiger partial charge < -0.3 is 15.5 Å². The van der Waals surface area contributed by atoms with Gasteiger partial charge in [-0.2, -0.15) is 0 Å². The number of likely N-dealkylation sites (N-methyl/N-ethyl adjacent to an activating group) is 1. The lowest BCUT2D eigenvalue weighted by Crippen LogP contribution is -2.46. The van der Waals surface area contributed by atoms with Crippen molar-refractivity contribution in [3.8, 4) is 11.5 Å². The molecule has 5 heteroatoms. The van der Waals surface area contributed by atoms with Gasteiger partial charge in [-0.15, -0.1) is 0 Å². The highest BCUT2D eigenvalue weighted by molar-refractivity contribution is 5.37. The first kappa shape index (κ1) is 15.1. The van der Waals surface area contributed by atoms with Gasteiger partial charge in [0.15, 0.2) is 0 Å². The van der Waals surface area contributed by atoms with Gasteiger partial charge in [0.2, 0.25) is 0 Å². The summed E-state index contributed by atoms with van der Waals surface area (Å²) in [5.41, 5.74) is 0.935. The van der Waals surface area contributed by atoms with Crippen LogP contribution in [0.2, 0.25) is 0 Å². The van der Waals surface area contributed by atoms with E-state index >= 15 is 0 Å². The van der Waals surface area contributed by atoms with Crippen molar-refractivity contribution in [3.05, 3.63) is 23.8 Å². The van der Waals surface area contributed by atoms with E-state index in [0.29, 0.717) is 0 Å². The van der Waals surface area contributed by atoms with Gasteiger partial charge in [-0.1, -0.05) is 0 Å². The predicted octanol–water partition coefficient (Wildman–Crippen LogP) is 0.996. The highest BCUT2D eigenvalue weighted by Crippen LogP contribution is 2.27. The molecule has 5 nitrogen and oxygen atoms in total. The molecule has 1 unspecified atom stereocenters. The highest BCUT2D eigenvalue weighted by atomic mass is 16.3. The standard InChI is InChI=1S/C15H25N3O2/c1-12(13-9-14(19)11-15(20)10-13)17(2)7-8-18-5-3-16-4-6-18/h9-12,16,19-20H,3-8H2,1-2H3. The van der Waals surface area contributed by atoms with Gasteiger partial charge >= 0.3 is 0 Å². The molecule has 3 N–H and O–H groups in total. The van der Waals surface area contributed by atoms with E-state index in [9.17, 15) is 10.2 Å². The molecule has 0 radical (unpaired) electrons. The van der Waals surface area contributed by atoms with Crippen molar-refractivity contribution < 1.29 is 10.2 Å². The zero-order valence-electron chi connectivity index (χ0n) is 12.3. The lowest BCUT2D eigenvalue weighted by atomic mass is 10.1. The zero-order chi connectivity index (χ0) is 14.5. The molecule has 2 rings (SSSR count). The van der Waals surface area contributed by atoms with E-state index in [1.54, 1.807) is 12.1 Å². The smallest absolute Gasteiger partial charge is 0.119 e. The van der Waals surface area contributed by atoms with Gasteiger partial charge in [0.1, 0.15) is 11.5 Å². The number of nitrogens with one attached hydrogen (secondary N) is 1. The number of rotatable bonds is 5. The van der Waals surface area contributed by atoms with Crippen molar-refractivity contribution in [2.75, 3.05) is 46.3 Å². The molecule has 0 saturated carbocycles. The first-order chi connectivity index (χ1) is 9.56. The van der Waals surface area contributed by atoms with Crippen LogP contribution in [0, 0.1) is 0 Å². The second-order valence-corrected chi connectivity index (χ2v) is 5.53. The summed E-state index contributed by atoms with van der Waals surface area (Å²) in [6, 6.07) is 4.95. The first-order valence-corrected chi connectivity index (χ1v) is 7.22. The van der Waals surface area contributed by atoms with E-state index in [1.165, 1.54) is 6.07 Å².